The monoisotopic (exact) mass is 387 g/mol. The van der Waals surface area contributed by atoms with E-state index in [0.29, 0.717) is 19.3 Å². The largest absolute Gasteiger partial charge is 0.296 e. The van der Waals surface area contributed by atoms with Crippen molar-refractivity contribution < 1.29 is 22.2 Å². The number of benzene rings is 2. The maximum atomic E-state index is 12.2. The molecule has 0 radical (unpaired) electrons. The molecule has 0 aliphatic carbocycles. The molecule has 1 aliphatic rings. The van der Waals surface area contributed by atoms with E-state index < -0.39 is 10.1 Å². The zero-order chi connectivity index (χ0) is 19.4. The van der Waals surface area contributed by atoms with Crippen LogP contribution in [0.15, 0.2) is 53.4 Å². The van der Waals surface area contributed by atoms with Crippen LogP contribution in [0.3, 0.4) is 0 Å². The first kappa shape index (κ1) is 19.3. The average molecular weight is 387 g/mol. The summed E-state index contributed by atoms with van der Waals surface area (Å²) in [7, 11) is -3.79. The minimum Gasteiger partial charge on any atom is -0.296 e. The molecule has 0 bridgehead atoms. The van der Waals surface area contributed by atoms with Crippen LogP contribution >= 0.6 is 0 Å². The molecule has 0 spiro atoms. The SMILES string of the molecule is Cc1ccc(S(=O)(=O)OCCc2cccc(C3CCC(=O)NC3=O)c2)cc1. The van der Waals surface area contributed by atoms with Gasteiger partial charge in [0.05, 0.1) is 17.4 Å². The van der Waals surface area contributed by atoms with Gasteiger partial charge in [0.15, 0.2) is 0 Å². The molecule has 2 aromatic rings. The number of carbonyl (C=O) groups excluding carboxylic acids is 2. The lowest BCUT2D eigenvalue weighted by atomic mass is 9.89. The van der Waals surface area contributed by atoms with Crippen LogP contribution in [-0.2, 0) is 30.3 Å². The van der Waals surface area contributed by atoms with Crippen LogP contribution in [0.2, 0.25) is 0 Å². The van der Waals surface area contributed by atoms with Gasteiger partial charge in [-0.1, -0.05) is 42.0 Å². The van der Waals surface area contributed by atoms with Crippen LogP contribution < -0.4 is 5.32 Å². The quantitative estimate of drug-likeness (QED) is 0.607. The number of piperidine rings is 1. The number of imide groups is 1. The van der Waals surface area contributed by atoms with Gasteiger partial charge in [0.1, 0.15) is 0 Å². The maximum absolute atomic E-state index is 12.2. The third-order valence-corrected chi connectivity index (χ3v) is 5.86. The predicted octanol–water partition coefficient (Wildman–Crippen LogP) is 2.46. The molecule has 7 heteroatoms. The molecule has 6 nitrogen and oxygen atoms in total. The Morgan fingerprint density at radius 2 is 1.85 bits per heavy atom. The number of aryl methyl sites for hydroxylation is 1. The van der Waals surface area contributed by atoms with Crippen molar-refractivity contribution in [2.45, 2.75) is 37.0 Å². The molecule has 1 fully saturated rings. The van der Waals surface area contributed by atoms with Crippen molar-refractivity contribution in [2.24, 2.45) is 0 Å². The molecular formula is C20H21NO5S. The Kier molecular flexibility index (Phi) is 5.72. The number of carbonyl (C=O) groups is 2. The molecule has 142 valence electrons. The Bertz CT molecular complexity index is 951. The lowest BCUT2D eigenvalue weighted by molar-refractivity contribution is -0.134. The van der Waals surface area contributed by atoms with Gasteiger partial charge in [0, 0.05) is 6.42 Å². The average Bonchev–Trinajstić information content (AvgIpc) is 2.62. The second-order valence-electron chi connectivity index (χ2n) is 6.59. The number of hydrogen-bond acceptors (Lipinski definition) is 5. The molecule has 1 unspecified atom stereocenters. The van der Waals surface area contributed by atoms with Gasteiger partial charge < -0.3 is 0 Å². The van der Waals surface area contributed by atoms with Gasteiger partial charge in [-0.25, -0.2) is 0 Å². The summed E-state index contributed by atoms with van der Waals surface area (Å²) in [5, 5.41) is 2.35. The normalized spacial score (nSPS) is 17.6. The Hall–Kier alpha value is -2.51. The summed E-state index contributed by atoms with van der Waals surface area (Å²) in [5.41, 5.74) is 2.66. The third kappa shape index (κ3) is 4.81. The zero-order valence-electron chi connectivity index (χ0n) is 15.0. The van der Waals surface area contributed by atoms with Gasteiger partial charge in [0.25, 0.3) is 10.1 Å². The highest BCUT2D eigenvalue weighted by molar-refractivity contribution is 7.86. The summed E-state index contributed by atoms with van der Waals surface area (Å²) in [6.07, 6.45) is 1.19. The molecule has 1 saturated heterocycles. The summed E-state index contributed by atoms with van der Waals surface area (Å²) in [5.74, 6) is -0.899. The summed E-state index contributed by atoms with van der Waals surface area (Å²) >= 11 is 0. The summed E-state index contributed by atoms with van der Waals surface area (Å²) < 4.78 is 29.6. The lowest BCUT2D eigenvalue weighted by Crippen LogP contribution is -2.39. The van der Waals surface area contributed by atoms with Gasteiger partial charge >= 0.3 is 0 Å². The first-order chi connectivity index (χ1) is 12.8. The van der Waals surface area contributed by atoms with E-state index in [-0.39, 0.29) is 29.2 Å². The Morgan fingerprint density at radius 3 is 2.56 bits per heavy atom. The Balaban J connectivity index is 1.62. The van der Waals surface area contributed by atoms with Crippen molar-refractivity contribution in [3.63, 3.8) is 0 Å². The molecule has 1 heterocycles. The smallest absolute Gasteiger partial charge is 0.296 e. The van der Waals surface area contributed by atoms with Crippen LogP contribution in [0.4, 0.5) is 0 Å². The van der Waals surface area contributed by atoms with Crippen LogP contribution in [0.1, 0.15) is 35.4 Å². The topological polar surface area (TPSA) is 89.5 Å². The van der Waals surface area contributed by atoms with Crippen LogP contribution in [0, 0.1) is 6.92 Å². The second kappa shape index (κ2) is 8.02. The van der Waals surface area contributed by atoms with Crippen molar-refractivity contribution in [1.82, 2.24) is 5.32 Å². The molecule has 0 aromatic heterocycles. The number of nitrogens with one attached hydrogen (secondary N) is 1. The highest BCUT2D eigenvalue weighted by Gasteiger charge is 2.27. The highest BCUT2D eigenvalue weighted by atomic mass is 32.2. The van der Waals surface area contributed by atoms with Crippen LogP contribution in [0.25, 0.3) is 0 Å². The molecule has 27 heavy (non-hydrogen) atoms. The van der Waals surface area contributed by atoms with Crippen molar-refractivity contribution in [3.8, 4) is 0 Å². The Morgan fingerprint density at radius 1 is 1.11 bits per heavy atom. The van der Waals surface area contributed by atoms with Crippen molar-refractivity contribution in [2.75, 3.05) is 6.61 Å². The van der Waals surface area contributed by atoms with E-state index in [9.17, 15) is 18.0 Å². The Labute approximate surface area is 158 Å². The van der Waals surface area contributed by atoms with Crippen LogP contribution in [-0.4, -0.2) is 26.8 Å². The van der Waals surface area contributed by atoms with E-state index in [1.54, 1.807) is 12.1 Å². The molecule has 1 N–H and O–H groups in total. The van der Waals surface area contributed by atoms with Gasteiger partial charge in [-0.15, -0.1) is 0 Å². The van der Waals surface area contributed by atoms with E-state index in [1.165, 1.54) is 12.1 Å². The third-order valence-electron chi connectivity index (χ3n) is 4.53. The molecule has 3 rings (SSSR count). The molecule has 1 aliphatic heterocycles. The predicted molar refractivity (Wildman–Crippen MR) is 99.6 cm³/mol. The van der Waals surface area contributed by atoms with Gasteiger partial charge in [-0.05, 0) is 43.0 Å². The van der Waals surface area contributed by atoms with Crippen molar-refractivity contribution in [1.29, 1.82) is 0 Å². The summed E-state index contributed by atoms with van der Waals surface area (Å²) in [6.45, 7) is 1.89. The molecule has 1 atom stereocenters. The van der Waals surface area contributed by atoms with Crippen molar-refractivity contribution >= 4 is 21.9 Å². The van der Waals surface area contributed by atoms with Gasteiger partial charge in [-0.2, -0.15) is 8.42 Å². The standard InChI is InChI=1S/C20H21NO5S/c1-14-5-7-17(8-6-14)27(24,25)26-12-11-15-3-2-4-16(13-15)18-9-10-19(22)21-20(18)23/h2-8,13,18H,9-12H2,1H3,(H,21,22,23). The number of hydrogen-bond donors (Lipinski definition) is 1. The molecule has 2 aromatic carbocycles. The maximum Gasteiger partial charge on any atom is 0.296 e. The molecular weight excluding hydrogens is 366 g/mol. The summed E-state index contributed by atoms with van der Waals surface area (Å²) in [6, 6.07) is 13.9. The highest BCUT2D eigenvalue weighted by Crippen LogP contribution is 2.25. The van der Waals surface area contributed by atoms with Crippen molar-refractivity contribution in [3.05, 3.63) is 65.2 Å². The summed E-state index contributed by atoms with van der Waals surface area (Å²) in [4.78, 5) is 23.4. The van der Waals surface area contributed by atoms with E-state index in [1.807, 2.05) is 31.2 Å². The number of rotatable bonds is 6. The number of amides is 2. The van der Waals surface area contributed by atoms with Gasteiger partial charge in [-0.3, -0.25) is 19.1 Å². The fraction of sp³-hybridized carbons (Fsp3) is 0.300. The molecule has 2 amide bonds. The van der Waals surface area contributed by atoms with Crippen LogP contribution in [0.5, 0.6) is 0 Å². The molecule has 0 saturated carbocycles. The zero-order valence-corrected chi connectivity index (χ0v) is 15.8. The van der Waals surface area contributed by atoms with E-state index >= 15 is 0 Å². The second-order valence-corrected chi connectivity index (χ2v) is 8.20. The van der Waals surface area contributed by atoms with E-state index in [2.05, 4.69) is 5.32 Å². The van der Waals surface area contributed by atoms with Gasteiger partial charge in [0.2, 0.25) is 11.8 Å². The fourth-order valence-electron chi connectivity index (χ4n) is 3.02. The minimum atomic E-state index is -3.79. The first-order valence-electron chi connectivity index (χ1n) is 8.74. The first-order valence-corrected chi connectivity index (χ1v) is 10.1. The minimum absolute atomic E-state index is 0.00894. The fourth-order valence-corrected chi connectivity index (χ4v) is 3.93. The lowest BCUT2D eigenvalue weighted by Gasteiger charge is -2.21. The van der Waals surface area contributed by atoms with E-state index in [4.69, 9.17) is 4.18 Å². The van der Waals surface area contributed by atoms with E-state index in [0.717, 1.165) is 16.7 Å².